The first-order valence-electron chi connectivity index (χ1n) is 6.42. The fraction of sp³-hybridized carbons (Fsp3) is 0.200. The second kappa shape index (κ2) is 5.50. The second-order valence-electron chi connectivity index (χ2n) is 4.87. The molecule has 6 heteroatoms. The molecule has 0 aliphatic carbocycles. The highest BCUT2D eigenvalue weighted by atomic mass is 35.5. The van der Waals surface area contributed by atoms with Crippen LogP contribution in [-0.2, 0) is 0 Å². The van der Waals surface area contributed by atoms with Crippen LogP contribution >= 0.6 is 22.9 Å². The maximum Gasteiger partial charge on any atom is 0.232 e. The summed E-state index contributed by atoms with van der Waals surface area (Å²) in [6.07, 6.45) is 0. The smallest absolute Gasteiger partial charge is 0.232 e. The lowest BCUT2D eigenvalue weighted by Crippen LogP contribution is -2.08. The molecule has 0 aliphatic heterocycles. The first-order valence-corrected chi connectivity index (χ1v) is 7.61. The Labute approximate surface area is 132 Å². The van der Waals surface area contributed by atoms with Crippen LogP contribution < -0.4 is 9.64 Å². The average Bonchev–Trinajstić information content (AvgIpc) is 2.79. The van der Waals surface area contributed by atoms with Gasteiger partial charge in [0.15, 0.2) is 0 Å². The third-order valence-electron chi connectivity index (χ3n) is 3.00. The Hall–Kier alpha value is -1.85. The van der Waals surface area contributed by atoms with E-state index in [0.29, 0.717) is 5.88 Å². The minimum atomic E-state index is 0.197. The van der Waals surface area contributed by atoms with Gasteiger partial charge in [0.2, 0.25) is 11.2 Å². The lowest BCUT2D eigenvalue weighted by atomic mass is 10.3. The number of hydrogen-bond donors (Lipinski definition) is 0. The number of aryl methyl sites for hydroxylation is 1. The summed E-state index contributed by atoms with van der Waals surface area (Å²) in [5, 5.41) is 1.08. The van der Waals surface area contributed by atoms with Crippen molar-refractivity contribution < 1.29 is 4.74 Å². The van der Waals surface area contributed by atoms with Gasteiger partial charge in [-0.2, -0.15) is 4.98 Å². The van der Waals surface area contributed by atoms with E-state index in [-0.39, 0.29) is 5.28 Å². The predicted octanol–water partition coefficient (Wildman–Crippen LogP) is 4.51. The molecule has 0 unspecified atom stereocenters. The Kier molecular flexibility index (Phi) is 3.69. The summed E-state index contributed by atoms with van der Waals surface area (Å²) in [5.74, 6) is 1.21. The van der Waals surface area contributed by atoms with Crippen LogP contribution in [0.4, 0.5) is 5.69 Å². The predicted molar refractivity (Wildman–Crippen MR) is 88.0 cm³/mol. The summed E-state index contributed by atoms with van der Waals surface area (Å²) in [6, 6.07) is 9.84. The van der Waals surface area contributed by atoms with Gasteiger partial charge in [0.25, 0.3) is 0 Å². The van der Waals surface area contributed by atoms with Gasteiger partial charge in [-0.3, -0.25) is 0 Å². The zero-order valence-electron chi connectivity index (χ0n) is 11.9. The molecule has 0 radical (unpaired) electrons. The van der Waals surface area contributed by atoms with Crippen LogP contribution in [0, 0.1) is 6.92 Å². The van der Waals surface area contributed by atoms with E-state index < -0.39 is 0 Å². The van der Waals surface area contributed by atoms with Crippen LogP contribution in [0.1, 0.15) is 4.88 Å². The third kappa shape index (κ3) is 2.94. The number of nitrogens with zero attached hydrogens (tertiary/aromatic N) is 3. The molecule has 0 bridgehead atoms. The fourth-order valence-corrected chi connectivity index (χ4v) is 3.09. The van der Waals surface area contributed by atoms with Crippen LogP contribution in [0.3, 0.4) is 0 Å². The Morgan fingerprint density at radius 3 is 2.76 bits per heavy atom. The highest BCUT2D eigenvalue weighted by molar-refractivity contribution is 7.18. The lowest BCUT2D eigenvalue weighted by molar-refractivity contribution is 0.468. The molecule has 4 nitrogen and oxygen atoms in total. The molecule has 21 heavy (non-hydrogen) atoms. The standard InChI is InChI=1S/C15H14ClN3OS/c1-9-7-12-13(17-15(16)18-14(12)21-9)20-11-6-4-5-10(8-11)19(2)3/h4-8H,1-3H3. The molecule has 3 rings (SSSR count). The van der Waals surface area contributed by atoms with Crippen LogP contribution in [-0.4, -0.2) is 24.1 Å². The highest BCUT2D eigenvalue weighted by Gasteiger charge is 2.12. The maximum atomic E-state index is 5.98. The number of ether oxygens (including phenoxy) is 1. The van der Waals surface area contributed by atoms with Gasteiger partial charge in [0.05, 0.1) is 5.39 Å². The molecule has 0 fully saturated rings. The summed E-state index contributed by atoms with van der Waals surface area (Å²) in [6.45, 7) is 2.02. The van der Waals surface area contributed by atoms with Crippen molar-refractivity contribution in [2.45, 2.75) is 6.92 Å². The van der Waals surface area contributed by atoms with E-state index in [0.717, 1.165) is 26.5 Å². The molecule has 108 valence electrons. The molecule has 0 amide bonds. The van der Waals surface area contributed by atoms with Crippen molar-refractivity contribution in [3.05, 3.63) is 40.5 Å². The number of rotatable bonds is 3. The van der Waals surface area contributed by atoms with Crippen LogP contribution in [0.15, 0.2) is 30.3 Å². The Morgan fingerprint density at radius 1 is 1.19 bits per heavy atom. The molecular weight excluding hydrogens is 306 g/mol. The van der Waals surface area contributed by atoms with E-state index in [1.54, 1.807) is 11.3 Å². The van der Waals surface area contributed by atoms with Gasteiger partial charge in [-0.1, -0.05) is 6.07 Å². The van der Waals surface area contributed by atoms with Crippen molar-refractivity contribution in [2.75, 3.05) is 19.0 Å². The lowest BCUT2D eigenvalue weighted by Gasteiger charge is -2.13. The van der Waals surface area contributed by atoms with Gasteiger partial charge >= 0.3 is 0 Å². The van der Waals surface area contributed by atoms with Gasteiger partial charge in [-0.25, -0.2) is 4.98 Å². The van der Waals surface area contributed by atoms with Crippen molar-refractivity contribution in [3.8, 4) is 11.6 Å². The van der Waals surface area contributed by atoms with E-state index >= 15 is 0 Å². The van der Waals surface area contributed by atoms with Crippen molar-refractivity contribution in [2.24, 2.45) is 0 Å². The van der Waals surface area contributed by atoms with Crippen molar-refractivity contribution in [1.29, 1.82) is 0 Å². The third-order valence-corrected chi connectivity index (χ3v) is 4.12. The summed E-state index contributed by atoms with van der Waals surface area (Å²) in [5.41, 5.74) is 1.06. The SMILES string of the molecule is Cc1cc2c(Oc3cccc(N(C)C)c3)nc(Cl)nc2s1. The first kappa shape index (κ1) is 14.1. The quantitative estimate of drug-likeness (QED) is 0.666. The molecule has 0 atom stereocenters. The molecule has 0 saturated carbocycles. The molecular formula is C15H14ClN3OS. The number of aromatic nitrogens is 2. The molecule has 0 N–H and O–H groups in total. The Balaban J connectivity index is 2.03. The van der Waals surface area contributed by atoms with Crippen molar-refractivity contribution in [3.63, 3.8) is 0 Å². The number of halogens is 1. The van der Waals surface area contributed by atoms with Gasteiger partial charge < -0.3 is 9.64 Å². The molecule has 0 aliphatic rings. The molecule has 1 aromatic carbocycles. The molecule has 2 heterocycles. The number of anilines is 1. The monoisotopic (exact) mass is 319 g/mol. The van der Waals surface area contributed by atoms with Crippen molar-refractivity contribution >= 4 is 38.8 Å². The second-order valence-corrected chi connectivity index (χ2v) is 6.44. The number of hydrogen-bond acceptors (Lipinski definition) is 5. The van der Waals surface area contributed by atoms with Gasteiger partial charge in [-0.05, 0) is 36.7 Å². The van der Waals surface area contributed by atoms with Gasteiger partial charge in [0, 0.05) is 30.7 Å². The van der Waals surface area contributed by atoms with Crippen LogP contribution in [0.25, 0.3) is 10.2 Å². The zero-order chi connectivity index (χ0) is 15.0. The van der Waals surface area contributed by atoms with E-state index in [2.05, 4.69) is 9.97 Å². The Bertz CT molecular complexity index is 801. The largest absolute Gasteiger partial charge is 0.438 e. The highest BCUT2D eigenvalue weighted by Crippen LogP contribution is 2.34. The van der Waals surface area contributed by atoms with E-state index in [4.69, 9.17) is 16.3 Å². The molecule has 0 saturated heterocycles. The number of fused-ring (bicyclic) bond motifs is 1. The van der Waals surface area contributed by atoms with E-state index in [9.17, 15) is 0 Å². The van der Waals surface area contributed by atoms with Gasteiger partial charge in [0.1, 0.15) is 10.6 Å². The average molecular weight is 320 g/mol. The minimum Gasteiger partial charge on any atom is -0.438 e. The first-order chi connectivity index (χ1) is 10.0. The summed E-state index contributed by atoms with van der Waals surface area (Å²) < 4.78 is 5.92. The van der Waals surface area contributed by atoms with E-state index in [1.165, 1.54) is 0 Å². The minimum absolute atomic E-state index is 0.197. The topological polar surface area (TPSA) is 38.2 Å². The van der Waals surface area contributed by atoms with Gasteiger partial charge in [-0.15, -0.1) is 11.3 Å². The molecule has 2 aromatic heterocycles. The fourth-order valence-electron chi connectivity index (χ4n) is 2.01. The normalized spacial score (nSPS) is 10.9. The summed E-state index contributed by atoms with van der Waals surface area (Å²) in [4.78, 5) is 12.4. The summed E-state index contributed by atoms with van der Waals surface area (Å²) in [7, 11) is 3.97. The molecule has 3 aromatic rings. The zero-order valence-corrected chi connectivity index (χ0v) is 13.5. The maximum absolute atomic E-state index is 5.98. The molecule has 0 spiro atoms. The number of thiophene rings is 1. The van der Waals surface area contributed by atoms with Crippen molar-refractivity contribution in [1.82, 2.24) is 9.97 Å². The van der Waals surface area contributed by atoms with E-state index in [1.807, 2.05) is 56.3 Å². The van der Waals surface area contributed by atoms with Crippen LogP contribution in [0.2, 0.25) is 5.28 Å². The Morgan fingerprint density at radius 2 is 2.00 bits per heavy atom. The van der Waals surface area contributed by atoms with Crippen LogP contribution in [0.5, 0.6) is 11.6 Å². The number of benzene rings is 1. The summed E-state index contributed by atoms with van der Waals surface area (Å²) >= 11 is 7.55.